The Morgan fingerprint density at radius 2 is 2.31 bits per heavy atom. The topological polar surface area (TPSA) is 63.1 Å². The molecule has 0 bridgehead atoms. The maximum absolute atomic E-state index is 10.7. The normalized spacial score (nSPS) is 15.8. The van der Waals surface area contributed by atoms with Crippen molar-refractivity contribution < 1.29 is 9.90 Å². The average Bonchev–Trinajstić information content (AvgIpc) is 2.13. The lowest BCUT2D eigenvalue weighted by Crippen LogP contribution is -2.15. The predicted octanol–water partition coefficient (Wildman–Crippen LogP) is 2.09. The second kappa shape index (κ2) is 4.82. The first-order chi connectivity index (χ1) is 7.69. The molecule has 1 aliphatic rings. The van der Waals surface area contributed by atoms with E-state index in [0.29, 0.717) is 11.6 Å². The molecule has 86 valence electrons. The standard InChI is InChI=1S/C11H14N2O2S/c1-16-9-5-8(6-10(14)15)12-11(13-9)7-3-2-4-7/h5,7H,2-4,6H2,1H3,(H,14,15). The highest BCUT2D eigenvalue weighted by Crippen LogP contribution is 2.35. The van der Waals surface area contributed by atoms with Gasteiger partial charge < -0.3 is 5.11 Å². The van der Waals surface area contributed by atoms with Crippen molar-refractivity contribution in [1.82, 2.24) is 9.97 Å². The van der Waals surface area contributed by atoms with Crippen LogP contribution in [0.15, 0.2) is 11.1 Å². The Hall–Kier alpha value is -1.10. The van der Waals surface area contributed by atoms with E-state index in [1.54, 1.807) is 6.07 Å². The van der Waals surface area contributed by atoms with E-state index in [1.165, 1.54) is 18.2 Å². The monoisotopic (exact) mass is 238 g/mol. The quantitative estimate of drug-likeness (QED) is 0.643. The molecule has 1 aliphatic carbocycles. The van der Waals surface area contributed by atoms with E-state index in [4.69, 9.17) is 5.11 Å². The summed E-state index contributed by atoms with van der Waals surface area (Å²) in [5.74, 6) is 0.430. The third-order valence-electron chi connectivity index (χ3n) is 2.78. The highest BCUT2D eigenvalue weighted by molar-refractivity contribution is 7.98. The van der Waals surface area contributed by atoms with Gasteiger partial charge in [-0.15, -0.1) is 11.8 Å². The number of carboxylic acids is 1. The van der Waals surface area contributed by atoms with Crippen molar-refractivity contribution in [3.05, 3.63) is 17.6 Å². The summed E-state index contributed by atoms with van der Waals surface area (Å²) in [5.41, 5.74) is 0.619. The van der Waals surface area contributed by atoms with Crippen molar-refractivity contribution in [2.45, 2.75) is 36.6 Å². The maximum atomic E-state index is 10.7. The van der Waals surface area contributed by atoms with Gasteiger partial charge in [0.15, 0.2) is 0 Å². The van der Waals surface area contributed by atoms with Gasteiger partial charge in [-0.1, -0.05) is 6.42 Å². The van der Waals surface area contributed by atoms with E-state index < -0.39 is 5.97 Å². The lowest BCUT2D eigenvalue weighted by molar-refractivity contribution is -0.136. The molecular formula is C11H14N2O2S. The van der Waals surface area contributed by atoms with Crippen LogP contribution >= 0.6 is 11.8 Å². The van der Waals surface area contributed by atoms with Gasteiger partial charge in [-0.05, 0) is 25.2 Å². The zero-order valence-corrected chi connectivity index (χ0v) is 9.96. The van der Waals surface area contributed by atoms with Crippen LogP contribution in [-0.4, -0.2) is 27.3 Å². The first-order valence-corrected chi connectivity index (χ1v) is 6.55. The van der Waals surface area contributed by atoms with Crippen LogP contribution in [0, 0.1) is 0 Å². The van der Waals surface area contributed by atoms with E-state index >= 15 is 0 Å². The summed E-state index contributed by atoms with van der Waals surface area (Å²) in [6.45, 7) is 0. The SMILES string of the molecule is CSc1cc(CC(=O)O)nc(C2CCC2)n1. The lowest BCUT2D eigenvalue weighted by Gasteiger charge is -2.24. The summed E-state index contributed by atoms with van der Waals surface area (Å²) < 4.78 is 0. The largest absolute Gasteiger partial charge is 0.481 e. The Balaban J connectivity index is 2.26. The van der Waals surface area contributed by atoms with E-state index in [9.17, 15) is 4.79 Å². The molecular weight excluding hydrogens is 224 g/mol. The first-order valence-electron chi connectivity index (χ1n) is 5.32. The molecule has 2 rings (SSSR count). The fourth-order valence-electron chi connectivity index (χ4n) is 1.69. The van der Waals surface area contributed by atoms with E-state index in [-0.39, 0.29) is 6.42 Å². The molecule has 1 saturated carbocycles. The average molecular weight is 238 g/mol. The summed E-state index contributed by atoms with van der Waals surface area (Å²) in [7, 11) is 0. The second-order valence-corrected chi connectivity index (χ2v) is 4.78. The molecule has 5 heteroatoms. The Morgan fingerprint density at radius 1 is 1.56 bits per heavy atom. The van der Waals surface area contributed by atoms with Gasteiger partial charge >= 0.3 is 5.97 Å². The molecule has 0 radical (unpaired) electrons. The maximum Gasteiger partial charge on any atom is 0.309 e. The predicted molar refractivity (Wildman–Crippen MR) is 61.7 cm³/mol. The zero-order chi connectivity index (χ0) is 11.5. The van der Waals surface area contributed by atoms with E-state index in [2.05, 4.69) is 9.97 Å². The van der Waals surface area contributed by atoms with Crippen LogP contribution < -0.4 is 0 Å². The molecule has 0 unspecified atom stereocenters. The van der Waals surface area contributed by atoms with Crippen molar-refractivity contribution in [2.75, 3.05) is 6.26 Å². The molecule has 0 spiro atoms. The van der Waals surface area contributed by atoms with E-state index in [0.717, 1.165) is 23.7 Å². The summed E-state index contributed by atoms with van der Waals surface area (Å²) >= 11 is 1.53. The van der Waals surface area contributed by atoms with Crippen molar-refractivity contribution in [3.8, 4) is 0 Å². The number of thioether (sulfide) groups is 1. The minimum atomic E-state index is -0.842. The van der Waals surface area contributed by atoms with Crippen LogP contribution in [0.25, 0.3) is 0 Å². The fraction of sp³-hybridized carbons (Fsp3) is 0.545. The van der Waals surface area contributed by atoms with Crippen molar-refractivity contribution in [3.63, 3.8) is 0 Å². The third-order valence-corrected chi connectivity index (χ3v) is 3.41. The second-order valence-electron chi connectivity index (χ2n) is 3.96. The first kappa shape index (κ1) is 11.4. The number of rotatable bonds is 4. The zero-order valence-electron chi connectivity index (χ0n) is 9.14. The highest BCUT2D eigenvalue weighted by Gasteiger charge is 2.23. The molecule has 1 aromatic heterocycles. The van der Waals surface area contributed by atoms with Crippen LogP contribution in [-0.2, 0) is 11.2 Å². The van der Waals surface area contributed by atoms with Crippen LogP contribution in [0.3, 0.4) is 0 Å². The van der Waals surface area contributed by atoms with Gasteiger partial charge in [-0.3, -0.25) is 4.79 Å². The molecule has 0 aromatic carbocycles. The van der Waals surface area contributed by atoms with Gasteiger partial charge in [0.05, 0.1) is 17.1 Å². The van der Waals surface area contributed by atoms with Gasteiger partial charge in [0.1, 0.15) is 5.82 Å². The van der Waals surface area contributed by atoms with Crippen LogP contribution in [0.4, 0.5) is 0 Å². The fourth-order valence-corrected chi connectivity index (χ4v) is 2.13. The summed E-state index contributed by atoms with van der Waals surface area (Å²) in [4.78, 5) is 19.4. The molecule has 0 saturated heterocycles. The minimum absolute atomic E-state index is 0.0181. The van der Waals surface area contributed by atoms with Gasteiger partial charge in [-0.2, -0.15) is 0 Å². The number of carboxylic acid groups (broad SMARTS) is 1. The molecule has 1 N–H and O–H groups in total. The summed E-state index contributed by atoms with van der Waals surface area (Å²) in [6, 6.07) is 1.76. The summed E-state index contributed by atoms with van der Waals surface area (Å²) in [6.07, 6.45) is 5.41. The molecule has 1 aromatic rings. The number of hydrogen-bond donors (Lipinski definition) is 1. The van der Waals surface area contributed by atoms with Gasteiger partial charge in [0.2, 0.25) is 0 Å². The Morgan fingerprint density at radius 3 is 2.81 bits per heavy atom. The summed E-state index contributed by atoms with van der Waals surface area (Å²) in [5, 5.41) is 9.63. The van der Waals surface area contributed by atoms with Crippen LogP contribution in [0.5, 0.6) is 0 Å². The van der Waals surface area contributed by atoms with Crippen LogP contribution in [0.2, 0.25) is 0 Å². The van der Waals surface area contributed by atoms with Crippen molar-refractivity contribution in [2.24, 2.45) is 0 Å². The Labute approximate surface area is 98.5 Å². The molecule has 4 nitrogen and oxygen atoms in total. The van der Waals surface area contributed by atoms with Crippen molar-refractivity contribution >= 4 is 17.7 Å². The van der Waals surface area contributed by atoms with Gasteiger partial charge in [0, 0.05) is 5.92 Å². The molecule has 1 heterocycles. The van der Waals surface area contributed by atoms with Gasteiger partial charge in [0.25, 0.3) is 0 Å². The molecule has 0 atom stereocenters. The van der Waals surface area contributed by atoms with Crippen molar-refractivity contribution in [1.29, 1.82) is 0 Å². The Kier molecular flexibility index (Phi) is 3.43. The number of nitrogens with zero attached hydrogens (tertiary/aromatic N) is 2. The Bertz CT molecular complexity index is 405. The minimum Gasteiger partial charge on any atom is -0.481 e. The molecule has 0 amide bonds. The third kappa shape index (κ3) is 2.52. The number of carbonyl (C=O) groups is 1. The molecule has 1 fully saturated rings. The highest BCUT2D eigenvalue weighted by atomic mass is 32.2. The number of hydrogen-bond acceptors (Lipinski definition) is 4. The molecule has 16 heavy (non-hydrogen) atoms. The lowest BCUT2D eigenvalue weighted by atomic mass is 9.85. The van der Waals surface area contributed by atoms with E-state index in [1.807, 2.05) is 6.26 Å². The molecule has 0 aliphatic heterocycles. The number of aliphatic carboxylic acids is 1. The number of aromatic nitrogens is 2. The smallest absolute Gasteiger partial charge is 0.309 e. The van der Waals surface area contributed by atoms with Crippen LogP contribution in [0.1, 0.15) is 36.7 Å². The van der Waals surface area contributed by atoms with Gasteiger partial charge in [-0.25, -0.2) is 9.97 Å².